The molecular formula is C15H26N6O3. The molecule has 2 rings (SSSR count). The second-order valence-corrected chi connectivity index (χ2v) is 6.20. The molecule has 1 fully saturated rings. The Labute approximate surface area is 141 Å². The first-order chi connectivity index (χ1) is 11.5. The first kappa shape index (κ1) is 18.2. The number of aromatic nitrogens is 2. The molecule has 3 amide bonds. The van der Waals surface area contributed by atoms with E-state index in [0.29, 0.717) is 18.3 Å². The fourth-order valence-electron chi connectivity index (χ4n) is 2.80. The molecule has 2 heterocycles. The third-order valence-corrected chi connectivity index (χ3v) is 4.12. The number of rotatable bonds is 7. The normalized spacial score (nSPS) is 18.3. The van der Waals surface area contributed by atoms with E-state index in [-0.39, 0.29) is 24.4 Å². The molecule has 1 atom stereocenters. The van der Waals surface area contributed by atoms with Gasteiger partial charge in [-0.1, -0.05) is 0 Å². The van der Waals surface area contributed by atoms with Crippen molar-refractivity contribution in [2.75, 3.05) is 33.2 Å². The number of likely N-dealkylation sites (tertiary alicyclic amines) is 1. The number of hydrogen-bond acceptors (Lipinski definition) is 6. The number of urea groups is 1. The number of aryl methyl sites for hydroxylation is 1. The molecule has 1 aromatic rings. The fraction of sp³-hybridized carbons (Fsp3) is 0.733. The molecule has 1 unspecified atom stereocenters. The van der Waals surface area contributed by atoms with Crippen LogP contribution in [0.5, 0.6) is 0 Å². The van der Waals surface area contributed by atoms with Crippen molar-refractivity contribution < 1.29 is 14.0 Å². The average molecular weight is 338 g/mol. The maximum atomic E-state index is 12.0. The van der Waals surface area contributed by atoms with Gasteiger partial charge in [-0.15, -0.1) is 10.2 Å². The Hall–Kier alpha value is -2.16. The van der Waals surface area contributed by atoms with E-state index >= 15 is 0 Å². The summed E-state index contributed by atoms with van der Waals surface area (Å²) in [4.78, 5) is 27.0. The molecule has 0 radical (unpaired) electrons. The standard InChI is InChI=1S/C15H26N6O3/c1-11-18-19-13(24-11)10-20(2)15(23)17-6-4-8-21-7-3-5-12(9-21)14(16)22/h12H,3-10H2,1-2H3,(H2,16,22)(H,17,23). The SMILES string of the molecule is Cc1nnc(CN(C)C(=O)NCCCN2CCCC(C(N)=O)C2)o1. The Balaban J connectivity index is 1.62. The van der Waals surface area contributed by atoms with Crippen molar-refractivity contribution in [2.24, 2.45) is 11.7 Å². The van der Waals surface area contributed by atoms with Crippen LogP contribution < -0.4 is 11.1 Å². The highest BCUT2D eigenvalue weighted by Crippen LogP contribution is 2.15. The van der Waals surface area contributed by atoms with E-state index in [1.807, 2.05) is 0 Å². The van der Waals surface area contributed by atoms with Gasteiger partial charge in [-0.2, -0.15) is 0 Å². The van der Waals surface area contributed by atoms with Gasteiger partial charge in [0.2, 0.25) is 17.7 Å². The molecule has 9 nitrogen and oxygen atoms in total. The minimum Gasteiger partial charge on any atom is -0.424 e. The van der Waals surface area contributed by atoms with Crippen molar-refractivity contribution in [2.45, 2.75) is 32.7 Å². The van der Waals surface area contributed by atoms with Crippen molar-refractivity contribution >= 4 is 11.9 Å². The van der Waals surface area contributed by atoms with Gasteiger partial charge in [0, 0.05) is 27.1 Å². The zero-order valence-corrected chi connectivity index (χ0v) is 14.3. The van der Waals surface area contributed by atoms with Crippen LogP contribution in [0.3, 0.4) is 0 Å². The molecule has 3 N–H and O–H groups in total. The fourth-order valence-corrected chi connectivity index (χ4v) is 2.80. The minimum absolute atomic E-state index is 0.0441. The van der Waals surface area contributed by atoms with Crippen molar-refractivity contribution in [3.63, 3.8) is 0 Å². The van der Waals surface area contributed by atoms with Crippen molar-refractivity contribution in [1.82, 2.24) is 25.3 Å². The monoisotopic (exact) mass is 338 g/mol. The average Bonchev–Trinajstić information content (AvgIpc) is 2.96. The van der Waals surface area contributed by atoms with Gasteiger partial charge in [-0.05, 0) is 32.4 Å². The van der Waals surface area contributed by atoms with Gasteiger partial charge in [0.15, 0.2) is 0 Å². The number of nitrogens with one attached hydrogen (secondary N) is 1. The predicted molar refractivity (Wildman–Crippen MR) is 86.9 cm³/mol. The number of hydrogen-bond donors (Lipinski definition) is 2. The lowest BCUT2D eigenvalue weighted by Gasteiger charge is -2.31. The highest BCUT2D eigenvalue weighted by atomic mass is 16.4. The number of carbonyl (C=O) groups excluding carboxylic acids is 2. The van der Waals surface area contributed by atoms with Gasteiger partial charge in [0.05, 0.1) is 5.92 Å². The quantitative estimate of drug-likeness (QED) is 0.681. The lowest BCUT2D eigenvalue weighted by molar-refractivity contribution is -0.123. The van der Waals surface area contributed by atoms with E-state index < -0.39 is 0 Å². The number of carbonyl (C=O) groups is 2. The lowest BCUT2D eigenvalue weighted by atomic mass is 9.97. The summed E-state index contributed by atoms with van der Waals surface area (Å²) in [6.45, 7) is 5.10. The summed E-state index contributed by atoms with van der Waals surface area (Å²) < 4.78 is 5.25. The Bertz CT molecular complexity index is 561. The lowest BCUT2D eigenvalue weighted by Crippen LogP contribution is -2.42. The topological polar surface area (TPSA) is 118 Å². The molecule has 134 valence electrons. The van der Waals surface area contributed by atoms with E-state index in [0.717, 1.165) is 38.9 Å². The highest BCUT2D eigenvalue weighted by Gasteiger charge is 2.23. The summed E-state index contributed by atoms with van der Waals surface area (Å²) in [6, 6.07) is -0.181. The largest absolute Gasteiger partial charge is 0.424 e. The Morgan fingerprint density at radius 2 is 2.25 bits per heavy atom. The molecule has 1 aliphatic rings. The second kappa shape index (κ2) is 8.62. The Kier molecular flexibility index (Phi) is 6.53. The highest BCUT2D eigenvalue weighted by molar-refractivity contribution is 5.77. The summed E-state index contributed by atoms with van der Waals surface area (Å²) in [5, 5.41) is 10.5. The summed E-state index contributed by atoms with van der Waals surface area (Å²) in [7, 11) is 1.68. The first-order valence-electron chi connectivity index (χ1n) is 8.25. The van der Waals surface area contributed by atoms with Gasteiger partial charge >= 0.3 is 6.03 Å². The maximum absolute atomic E-state index is 12.0. The molecule has 24 heavy (non-hydrogen) atoms. The predicted octanol–water partition coefficient (Wildman–Crippen LogP) is 0.107. The Morgan fingerprint density at radius 3 is 2.92 bits per heavy atom. The van der Waals surface area contributed by atoms with Crippen LogP contribution in [0, 0.1) is 12.8 Å². The zero-order valence-electron chi connectivity index (χ0n) is 14.3. The van der Waals surface area contributed by atoms with E-state index in [1.165, 1.54) is 4.90 Å². The zero-order chi connectivity index (χ0) is 17.5. The first-order valence-corrected chi connectivity index (χ1v) is 8.25. The van der Waals surface area contributed by atoms with Crippen molar-refractivity contribution in [3.8, 4) is 0 Å². The van der Waals surface area contributed by atoms with E-state index in [9.17, 15) is 9.59 Å². The van der Waals surface area contributed by atoms with Crippen LogP contribution in [0.1, 0.15) is 31.0 Å². The van der Waals surface area contributed by atoms with E-state index in [1.54, 1.807) is 14.0 Å². The van der Waals surface area contributed by atoms with Crippen LogP contribution in [0.4, 0.5) is 4.79 Å². The molecular weight excluding hydrogens is 312 g/mol. The molecule has 0 spiro atoms. The maximum Gasteiger partial charge on any atom is 0.317 e. The molecule has 0 bridgehead atoms. The molecule has 1 saturated heterocycles. The van der Waals surface area contributed by atoms with Crippen LogP contribution in [0.15, 0.2) is 4.42 Å². The molecule has 1 aromatic heterocycles. The number of nitrogens with zero attached hydrogens (tertiary/aromatic N) is 4. The van der Waals surface area contributed by atoms with Crippen LogP contribution >= 0.6 is 0 Å². The molecule has 1 aliphatic heterocycles. The second-order valence-electron chi connectivity index (χ2n) is 6.20. The van der Waals surface area contributed by atoms with Crippen LogP contribution in [-0.2, 0) is 11.3 Å². The van der Waals surface area contributed by atoms with E-state index in [4.69, 9.17) is 10.2 Å². The van der Waals surface area contributed by atoms with Crippen LogP contribution in [0.2, 0.25) is 0 Å². The van der Waals surface area contributed by atoms with Gasteiger partial charge in [-0.25, -0.2) is 4.79 Å². The third kappa shape index (κ3) is 5.48. The van der Waals surface area contributed by atoms with Crippen molar-refractivity contribution in [1.29, 1.82) is 0 Å². The summed E-state index contributed by atoms with van der Waals surface area (Å²) in [5.41, 5.74) is 5.38. The van der Waals surface area contributed by atoms with Gasteiger partial charge < -0.3 is 25.3 Å². The third-order valence-electron chi connectivity index (χ3n) is 4.12. The minimum atomic E-state index is -0.217. The number of piperidine rings is 1. The number of primary amides is 1. The molecule has 0 aliphatic carbocycles. The summed E-state index contributed by atoms with van der Waals surface area (Å²) >= 11 is 0. The van der Waals surface area contributed by atoms with Gasteiger partial charge in [0.25, 0.3) is 0 Å². The summed E-state index contributed by atoms with van der Waals surface area (Å²) in [6.07, 6.45) is 2.69. The summed E-state index contributed by atoms with van der Waals surface area (Å²) in [5.74, 6) is 0.633. The Morgan fingerprint density at radius 1 is 1.46 bits per heavy atom. The molecule has 0 saturated carbocycles. The van der Waals surface area contributed by atoms with Gasteiger partial charge in [0.1, 0.15) is 6.54 Å². The van der Waals surface area contributed by atoms with E-state index in [2.05, 4.69) is 20.4 Å². The van der Waals surface area contributed by atoms with Crippen LogP contribution in [0.25, 0.3) is 0 Å². The number of amides is 3. The van der Waals surface area contributed by atoms with Gasteiger partial charge in [-0.3, -0.25) is 4.79 Å². The smallest absolute Gasteiger partial charge is 0.317 e. The molecule has 9 heteroatoms. The van der Waals surface area contributed by atoms with Crippen LogP contribution in [-0.4, -0.2) is 65.2 Å². The molecule has 0 aromatic carbocycles. The number of nitrogens with two attached hydrogens (primary N) is 1. The van der Waals surface area contributed by atoms with Crippen molar-refractivity contribution in [3.05, 3.63) is 11.8 Å².